The number of hydrogen-bond donors (Lipinski definition) is 2. The van der Waals surface area contributed by atoms with Crippen LogP contribution in [0.1, 0.15) is 11.1 Å². The molecule has 0 fully saturated rings. The molecule has 6 nitrogen and oxygen atoms in total. The lowest BCUT2D eigenvalue weighted by atomic mass is 10.1. The first kappa shape index (κ1) is 26.5. The Morgan fingerprint density at radius 1 is 0.892 bits per heavy atom. The molecule has 1 unspecified atom stereocenters. The first-order valence-corrected chi connectivity index (χ1v) is 14.0. The fourth-order valence-electron chi connectivity index (χ4n) is 3.81. The zero-order valence-electron chi connectivity index (χ0n) is 20.5. The molecular formula is C29H28N2O4S2. The third kappa shape index (κ3) is 7.01. The molecule has 4 rings (SSSR count). The maximum atomic E-state index is 13.5. The number of rotatable bonds is 10. The number of aryl methyl sites for hydroxylation is 1. The van der Waals surface area contributed by atoms with Gasteiger partial charge in [0.15, 0.2) is 0 Å². The minimum atomic E-state index is -3.99. The Hall–Kier alpha value is -3.59. The molecule has 0 saturated heterocycles. The van der Waals surface area contributed by atoms with Crippen molar-refractivity contribution in [3.63, 3.8) is 0 Å². The zero-order valence-corrected chi connectivity index (χ0v) is 22.2. The average molecular weight is 533 g/mol. The van der Waals surface area contributed by atoms with Crippen LogP contribution in [0, 0.1) is 6.92 Å². The average Bonchev–Trinajstić information content (AvgIpc) is 2.90. The molecular weight excluding hydrogens is 504 g/mol. The molecule has 0 aromatic heterocycles. The van der Waals surface area contributed by atoms with E-state index in [1.54, 1.807) is 13.0 Å². The number of hydrogen-bond acceptors (Lipinski definition) is 5. The summed E-state index contributed by atoms with van der Waals surface area (Å²) in [7, 11) is -2.46. The maximum Gasteiger partial charge on any atom is 0.242 e. The standard InChI is InChI=1S/C29H28N2O4S2/c1-21-19-24(17-18-27(21)35-2)37(33,34)31-26(20-22-11-5-3-6-12-22)29(32)30-25-15-9-10-16-28(25)36-23-13-7-4-8-14-23/h3-19,26,31H,20H2,1-2H3,(H,30,32). The van der Waals surface area contributed by atoms with Gasteiger partial charge in [0.1, 0.15) is 11.8 Å². The highest BCUT2D eigenvalue weighted by Crippen LogP contribution is 2.33. The summed E-state index contributed by atoms with van der Waals surface area (Å²) in [5.74, 6) is 0.142. The van der Waals surface area contributed by atoms with Crippen LogP contribution in [0.25, 0.3) is 0 Å². The van der Waals surface area contributed by atoms with Gasteiger partial charge >= 0.3 is 0 Å². The van der Waals surface area contributed by atoms with Crippen LogP contribution >= 0.6 is 11.8 Å². The molecule has 1 atom stereocenters. The normalized spacial score (nSPS) is 12.1. The Kier molecular flexibility index (Phi) is 8.66. The first-order chi connectivity index (χ1) is 17.9. The van der Waals surface area contributed by atoms with Gasteiger partial charge in [-0.05, 0) is 66.9 Å². The summed E-state index contributed by atoms with van der Waals surface area (Å²) in [5, 5.41) is 2.95. The summed E-state index contributed by atoms with van der Waals surface area (Å²) in [4.78, 5) is 15.5. The molecule has 37 heavy (non-hydrogen) atoms. The van der Waals surface area contributed by atoms with E-state index < -0.39 is 22.0 Å². The van der Waals surface area contributed by atoms with Crippen molar-refractivity contribution < 1.29 is 17.9 Å². The molecule has 8 heteroatoms. The molecule has 0 heterocycles. The van der Waals surface area contributed by atoms with Crippen LogP contribution in [0.2, 0.25) is 0 Å². The highest BCUT2D eigenvalue weighted by Gasteiger charge is 2.27. The van der Waals surface area contributed by atoms with Crippen molar-refractivity contribution in [1.82, 2.24) is 4.72 Å². The van der Waals surface area contributed by atoms with Crippen molar-refractivity contribution in [2.24, 2.45) is 0 Å². The highest BCUT2D eigenvalue weighted by molar-refractivity contribution is 7.99. The van der Waals surface area contributed by atoms with Crippen LogP contribution in [0.15, 0.2) is 118 Å². The van der Waals surface area contributed by atoms with E-state index in [9.17, 15) is 13.2 Å². The van der Waals surface area contributed by atoms with E-state index in [0.717, 1.165) is 15.4 Å². The van der Waals surface area contributed by atoms with E-state index in [1.165, 1.54) is 31.0 Å². The Morgan fingerprint density at radius 3 is 2.22 bits per heavy atom. The summed E-state index contributed by atoms with van der Waals surface area (Å²) in [6.07, 6.45) is 0.190. The molecule has 2 N–H and O–H groups in total. The van der Waals surface area contributed by atoms with Crippen molar-refractivity contribution in [3.05, 3.63) is 114 Å². The summed E-state index contributed by atoms with van der Waals surface area (Å²) < 4.78 is 34.5. The molecule has 0 saturated carbocycles. The summed E-state index contributed by atoms with van der Waals surface area (Å²) >= 11 is 1.52. The van der Waals surface area contributed by atoms with Crippen LogP contribution in [-0.2, 0) is 21.2 Å². The molecule has 190 valence electrons. The SMILES string of the molecule is COc1ccc(S(=O)(=O)NC(Cc2ccccc2)C(=O)Nc2ccccc2Sc2ccccc2)cc1C. The molecule has 4 aromatic rings. The number of amides is 1. The monoisotopic (exact) mass is 532 g/mol. The zero-order chi connectivity index (χ0) is 26.3. The van der Waals surface area contributed by atoms with Crippen molar-refractivity contribution in [1.29, 1.82) is 0 Å². The summed E-state index contributed by atoms with van der Waals surface area (Å²) in [5.41, 5.74) is 2.13. The number of nitrogens with one attached hydrogen (secondary N) is 2. The first-order valence-electron chi connectivity index (χ1n) is 11.7. The molecule has 0 aliphatic rings. The van der Waals surface area contributed by atoms with E-state index in [0.29, 0.717) is 17.0 Å². The number of ether oxygens (including phenoxy) is 1. The molecule has 4 aromatic carbocycles. The quantitative estimate of drug-likeness (QED) is 0.274. The minimum Gasteiger partial charge on any atom is -0.496 e. The van der Waals surface area contributed by atoms with Gasteiger partial charge in [0, 0.05) is 9.79 Å². The highest BCUT2D eigenvalue weighted by atomic mass is 32.2. The minimum absolute atomic E-state index is 0.0664. The van der Waals surface area contributed by atoms with E-state index in [1.807, 2.05) is 84.9 Å². The van der Waals surface area contributed by atoms with Gasteiger partial charge in [0.2, 0.25) is 15.9 Å². The van der Waals surface area contributed by atoms with Gasteiger partial charge in [0.25, 0.3) is 0 Å². The molecule has 0 radical (unpaired) electrons. The fraction of sp³-hybridized carbons (Fsp3) is 0.138. The van der Waals surface area contributed by atoms with E-state index in [2.05, 4.69) is 10.0 Å². The van der Waals surface area contributed by atoms with Crippen LogP contribution in [0.4, 0.5) is 5.69 Å². The Labute approximate surface area is 222 Å². The molecule has 0 spiro atoms. The Balaban J connectivity index is 1.60. The number of carbonyl (C=O) groups excluding carboxylic acids is 1. The second-order valence-electron chi connectivity index (χ2n) is 8.40. The van der Waals surface area contributed by atoms with E-state index in [-0.39, 0.29) is 11.3 Å². The van der Waals surface area contributed by atoms with Crippen LogP contribution in [-0.4, -0.2) is 27.5 Å². The van der Waals surface area contributed by atoms with Crippen LogP contribution in [0.3, 0.4) is 0 Å². The van der Waals surface area contributed by atoms with E-state index >= 15 is 0 Å². The van der Waals surface area contributed by atoms with Crippen LogP contribution < -0.4 is 14.8 Å². The van der Waals surface area contributed by atoms with E-state index in [4.69, 9.17) is 4.74 Å². The van der Waals surface area contributed by atoms with Crippen molar-refractivity contribution in [3.8, 4) is 5.75 Å². The second-order valence-corrected chi connectivity index (χ2v) is 11.2. The number of methoxy groups -OCH3 is 1. The van der Waals surface area contributed by atoms with Crippen molar-refractivity contribution in [2.45, 2.75) is 34.1 Å². The van der Waals surface area contributed by atoms with Gasteiger partial charge < -0.3 is 10.1 Å². The van der Waals surface area contributed by atoms with Crippen molar-refractivity contribution in [2.75, 3.05) is 12.4 Å². The predicted octanol–water partition coefficient (Wildman–Crippen LogP) is 5.68. The van der Waals surface area contributed by atoms with Gasteiger partial charge in [0.05, 0.1) is 17.7 Å². The predicted molar refractivity (Wildman–Crippen MR) is 148 cm³/mol. The smallest absolute Gasteiger partial charge is 0.242 e. The molecule has 1 amide bonds. The number of carbonyl (C=O) groups is 1. The van der Waals surface area contributed by atoms with Crippen LogP contribution in [0.5, 0.6) is 5.75 Å². The maximum absolute atomic E-state index is 13.5. The molecule has 0 bridgehead atoms. The lowest BCUT2D eigenvalue weighted by Crippen LogP contribution is -2.45. The summed E-state index contributed by atoms with van der Waals surface area (Å²) in [6.45, 7) is 1.77. The number of benzene rings is 4. The molecule has 0 aliphatic carbocycles. The van der Waals surface area contributed by atoms with Gasteiger partial charge in [-0.3, -0.25) is 4.79 Å². The second kappa shape index (κ2) is 12.1. The third-order valence-corrected chi connectivity index (χ3v) is 8.24. The largest absolute Gasteiger partial charge is 0.496 e. The van der Waals surface area contributed by atoms with Gasteiger partial charge in [-0.15, -0.1) is 0 Å². The lowest BCUT2D eigenvalue weighted by molar-refractivity contribution is -0.117. The Bertz CT molecular complexity index is 1460. The fourth-order valence-corrected chi connectivity index (χ4v) is 6.01. The number of anilines is 1. The third-order valence-electron chi connectivity index (χ3n) is 5.69. The Morgan fingerprint density at radius 2 is 1.54 bits per heavy atom. The van der Waals surface area contributed by atoms with Gasteiger partial charge in [-0.2, -0.15) is 4.72 Å². The van der Waals surface area contributed by atoms with Gasteiger partial charge in [-0.1, -0.05) is 72.4 Å². The summed E-state index contributed by atoms with van der Waals surface area (Å²) in [6, 6.07) is 30.2. The van der Waals surface area contributed by atoms with Crippen molar-refractivity contribution >= 4 is 33.4 Å². The number of sulfonamides is 1. The topological polar surface area (TPSA) is 84.5 Å². The van der Waals surface area contributed by atoms with Gasteiger partial charge in [-0.25, -0.2) is 8.42 Å². The lowest BCUT2D eigenvalue weighted by Gasteiger charge is -2.20. The molecule has 0 aliphatic heterocycles. The number of para-hydroxylation sites is 1.